The van der Waals surface area contributed by atoms with E-state index in [4.69, 9.17) is 14.9 Å². The Morgan fingerprint density at radius 3 is 2.22 bits per heavy atom. The van der Waals surface area contributed by atoms with Crippen LogP contribution in [0.1, 0.15) is 0 Å². The molecule has 0 rings (SSSR count). The van der Waals surface area contributed by atoms with Crippen molar-refractivity contribution in [3.8, 4) is 0 Å². The number of hydrogen-bond donors (Lipinski definition) is 3. The molecule has 4 heteroatoms. The highest BCUT2D eigenvalue weighted by molar-refractivity contribution is 7.80. The molecule has 0 aliphatic heterocycles. The van der Waals surface area contributed by atoms with Crippen molar-refractivity contribution >= 4 is 12.6 Å². The molecule has 0 aromatic heterocycles. The standard InChI is InChI=1S/C5H12O3S/c6-3-5(4-7)8-1-2-9/h5-7,9H,1-4H2. The van der Waals surface area contributed by atoms with Gasteiger partial charge in [0, 0.05) is 5.75 Å². The normalized spacial score (nSPS) is 10.7. The summed E-state index contributed by atoms with van der Waals surface area (Å²) in [4.78, 5) is 0. The van der Waals surface area contributed by atoms with Gasteiger partial charge in [-0.15, -0.1) is 0 Å². The van der Waals surface area contributed by atoms with E-state index in [9.17, 15) is 0 Å². The van der Waals surface area contributed by atoms with Crippen LogP contribution < -0.4 is 0 Å². The zero-order valence-electron chi connectivity index (χ0n) is 5.16. The van der Waals surface area contributed by atoms with E-state index < -0.39 is 6.10 Å². The Balaban J connectivity index is 3.09. The summed E-state index contributed by atoms with van der Waals surface area (Å²) in [5.41, 5.74) is 0. The summed E-state index contributed by atoms with van der Waals surface area (Å²) < 4.78 is 4.91. The highest BCUT2D eigenvalue weighted by atomic mass is 32.1. The molecule has 56 valence electrons. The van der Waals surface area contributed by atoms with E-state index in [1.807, 2.05) is 0 Å². The number of aliphatic hydroxyl groups is 2. The zero-order valence-corrected chi connectivity index (χ0v) is 6.05. The molecule has 0 saturated carbocycles. The van der Waals surface area contributed by atoms with Gasteiger partial charge in [-0.1, -0.05) is 0 Å². The molecule has 0 saturated heterocycles. The van der Waals surface area contributed by atoms with Gasteiger partial charge in [-0.05, 0) is 0 Å². The van der Waals surface area contributed by atoms with Crippen LogP contribution in [0.25, 0.3) is 0 Å². The van der Waals surface area contributed by atoms with Crippen molar-refractivity contribution in [3.63, 3.8) is 0 Å². The molecule has 0 heterocycles. The molecule has 2 N–H and O–H groups in total. The second-order valence-corrected chi connectivity index (χ2v) is 2.03. The van der Waals surface area contributed by atoms with Crippen LogP contribution in [0.4, 0.5) is 0 Å². The molecule has 0 radical (unpaired) electrons. The van der Waals surface area contributed by atoms with Crippen molar-refractivity contribution in [2.75, 3.05) is 25.6 Å². The quantitative estimate of drug-likeness (QED) is 0.456. The van der Waals surface area contributed by atoms with Crippen LogP contribution in [0.2, 0.25) is 0 Å². The minimum Gasteiger partial charge on any atom is -0.394 e. The molecule has 0 bridgehead atoms. The lowest BCUT2D eigenvalue weighted by Crippen LogP contribution is -2.22. The van der Waals surface area contributed by atoms with Gasteiger partial charge < -0.3 is 14.9 Å². The second kappa shape index (κ2) is 6.35. The van der Waals surface area contributed by atoms with Gasteiger partial charge in [0.25, 0.3) is 0 Å². The summed E-state index contributed by atoms with van der Waals surface area (Å²) in [5, 5.41) is 16.9. The summed E-state index contributed by atoms with van der Waals surface area (Å²) in [6.45, 7) is 0.198. The summed E-state index contributed by atoms with van der Waals surface area (Å²) in [5.74, 6) is 0.608. The van der Waals surface area contributed by atoms with E-state index in [1.54, 1.807) is 0 Å². The molecule has 0 aliphatic carbocycles. The largest absolute Gasteiger partial charge is 0.394 e. The first-order valence-electron chi connectivity index (χ1n) is 2.79. The van der Waals surface area contributed by atoms with E-state index in [2.05, 4.69) is 12.6 Å². The summed E-state index contributed by atoms with van der Waals surface area (Å²) >= 11 is 3.88. The highest BCUT2D eigenvalue weighted by Gasteiger charge is 2.02. The van der Waals surface area contributed by atoms with Crippen LogP contribution in [0.15, 0.2) is 0 Å². The fraction of sp³-hybridized carbons (Fsp3) is 1.00. The number of hydrogen-bond acceptors (Lipinski definition) is 4. The molecule has 0 aromatic rings. The average Bonchev–Trinajstić information content (AvgIpc) is 1.91. The molecule has 0 atom stereocenters. The van der Waals surface area contributed by atoms with Crippen molar-refractivity contribution in [3.05, 3.63) is 0 Å². The molecule has 0 unspecified atom stereocenters. The lowest BCUT2D eigenvalue weighted by Gasteiger charge is -2.10. The van der Waals surface area contributed by atoms with Crippen LogP contribution in [0, 0.1) is 0 Å². The first-order valence-corrected chi connectivity index (χ1v) is 3.42. The van der Waals surface area contributed by atoms with Gasteiger partial charge in [-0.3, -0.25) is 0 Å². The number of ether oxygens (including phenoxy) is 1. The second-order valence-electron chi connectivity index (χ2n) is 1.58. The Morgan fingerprint density at radius 2 is 1.89 bits per heavy atom. The maximum absolute atomic E-state index is 8.44. The van der Waals surface area contributed by atoms with Crippen molar-refractivity contribution in [2.45, 2.75) is 6.10 Å². The average molecular weight is 152 g/mol. The van der Waals surface area contributed by atoms with E-state index in [0.29, 0.717) is 12.4 Å². The van der Waals surface area contributed by atoms with Crippen molar-refractivity contribution in [1.29, 1.82) is 0 Å². The van der Waals surface area contributed by atoms with Gasteiger partial charge >= 0.3 is 0 Å². The molecule has 3 nitrogen and oxygen atoms in total. The highest BCUT2D eigenvalue weighted by Crippen LogP contribution is 1.88. The van der Waals surface area contributed by atoms with Gasteiger partial charge in [-0.25, -0.2) is 0 Å². The van der Waals surface area contributed by atoms with Gasteiger partial charge in [0.2, 0.25) is 0 Å². The fourth-order valence-electron chi connectivity index (χ4n) is 0.383. The van der Waals surface area contributed by atoms with Gasteiger partial charge in [-0.2, -0.15) is 12.6 Å². The Bertz CT molecular complexity index is 56.2. The molecule has 0 spiro atoms. The first kappa shape index (κ1) is 9.23. The zero-order chi connectivity index (χ0) is 7.11. The predicted octanol–water partition coefficient (Wildman–Crippen LogP) is -0.714. The smallest absolute Gasteiger partial charge is 0.104 e. The predicted molar refractivity (Wildman–Crippen MR) is 37.8 cm³/mol. The number of thiol groups is 1. The summed E-state index contributed by atoms with van der Waals surface area (Å²) in [6.07, 6.45) is -0.433. The Kier molecular flexibility index (Phi) is 6.51. The van der Waals surface area contributed by atoms with Crippen LogP contribution in [-0.2, 0) is 4.74 Å². The molecular formula is C5H12O3S. The lowest BCUT2D eigenvalue weighted by molar-refractivity contribution is -0.0126. The van der Waals surface area contributed by atoms with Gasteiger partial charge in [0.15, 0.2) is 0 Å². The molecule has 0 amide bonds. The summed E-state index contributed by atoms with van der Waals surface area (Å²) in [6, 6.07) is 0. The molecule has 0 aromatic carbocycles. The third-order valence-electron chi connectivity index (χ3n) is 0.852. The minimum atomic E-state index is -0.433. The van der Waals surface area contributed by atoms with Gasteiger partial charge in [0.1, 0.15) is 6.10 Å². The first-order chi connectivity index (χ1) is 4.35. The Morgan fingerprint density at radius 1 is 1.33 bits per heavy atom. The molecular weight excluding hydrogens is 140 g/mol. The van der Waals surface area contributed by atoms with Crippen molar-refractivity contribution in [2.24, 2.45) is 0 Å². The molecule has 0 fully saturated rings. The minimum absolute atomic E-state index is 0.135. The van der Waals surface area contributed by atoms with Crippen molar-refractivity contribution in [1.82, 2.24) is 0 Å². The van der Waals surface area contributed by atoms with Crippen LogP contribution >= 0.6 is 12.6 Å². The lowest BCUT2D eigenvalue weighted by atomic mass is 10.4. The third-order valence-corrected chi connectivity index (χ3v) is 1.03. The third kappa shape index (κ3) is 4.72. The number of rotatable bonds is 5. The number of aliphatic hydroxyl groups excluding tert-OH is 2. The monoisotopic (exact) mass is 152 g/mol. The van der Waals surface area contributed by atoms with Crippen LogP contribution in [0.5, 0.6) is 0 Å². The molecule has 9 heavy (non-hydrogen) atoms. The van der Waals surface area contributed by atoms with E-state index in [1.165, 1.54) is 0 Å². The topological polar surface area (TPSA) is 49.7 Å². The van der Waals surface area contributed by atoms with E-state index in [-0.39, 0.29) is 13.2 Å². The maximum atomic E-state index is 8.44. The van der Waals surface area contributed by atoms with E-state index >= 15 is 0 Å². The maximum Gasteiger partial charge on any atom is 0.104 e. The summed E-state index contributed by atoms with van der Waals surface area (Å²) in [7, 11) is 0. The SMILES string of the molecule is OCC(CO)OCCS. The Hall–Kier alpha value is 0.230. The van der Waals surface area contributed by atoms with Crippen LogP contribution in [-0.4, -0.2) is 41.9 Å². The van der Waals surface area contributed by atoms with Crippen LogP contribution in [0.3, 0.4) is 0 Å². The van der Waals surface area contributed by atoms with E-state index in [0.717, 1.165) is 0 Å². The fourth-order valence-corrected chi connectivity index (χ4v) is 0.488. The Labute approximate surface area is 60.1 Å². The van der Waals surface area contributed by atoms with Crippen molar-refractivity contribution < 1.29 is 14.9 Å². The van der Waals surface area contributed by atoms with Gasteiger partial charge in [0.05, 0.1) is 19.8 Å². The molecule has 0 aliphatic rings.